The maximum absolute atomic E-state index is 12.9. The molecule has 1 amide bonds. The molecule has 9 nitrogen and oxygen atoms in total. The van der Waals surface area contributed by atoms with Crippen LogP contribution in [-0.4, -0.2) is 67.0 Å². The molecule has 1 N–H and O–H groups in total. The molecule has 1 aliphatic carbocycles. The van der Waals surface area contributed by atoms with E-state index >= 15 is 0 Å². The molecule has 2 aliphatic rings. The van der Waals surface area contributed by atoms with Crippen LogP contribution in [0.4, 0.5) is 5.82 Å². The third-order valence-corrected chi connectivity index (χ3v) is 6.40. The second-order valence-electron chi connectivity index (χ2n) is 9.54. The van der Waals surface area contributed by atoms with Crippen molar-refractivity contribution in [3.05, 3.63) is 35.4 Å². The fraction of sp³-hybridized carbons (Fsp3) is 0.571. The number of H-pyrrole nitrogens is 1. The van der Waals surface area contributed by atoms with Crippen LogP contribution >= 0.6 is 0 Å². The highest BCUT2D eigenvalue weighted by atomic mass is 16.2. The number of fused-ring (bicyclic) bond motifs is 1. The number of amides is 1. The Balaban J connectivity index is 1.26. The molecule has 3 aromatic rings. The topological polar surface area (TPSA) is 95.3 Å². The Bertz CT molecular complexity index is 1080. The van der Waals surface area contributed by atoms with Gasteiger partial charge in [-0.15, -0.1) is 15.3 Å². The van der Waals surface area contributed by atoms with Gasteiger partial charge in [0.2, 0.25) is 0 Å². The minimum Gasteiger partial charge on any atom is -0.351 e. The molecule has 0 bridgehead atoms. The van der Waals surface area contributed by atoms with Crippen LogP contribution in [0.2, 0.25) is 0 Å². The highest BCUT2D eigenvalue weighted by Gasteiger charge is 2.35. The Morgan fingerprint density at radius 3 is 2.60 bits per heavy atom. The third-order valence-electron chi connectivity index (χ3n) is 6.40. The first-order chi connectivity index (χ1) is 14.3. The van der Waals surface area contributed by atoms with Crippen molar-refractivity contribution in [3.8, 4) is 0 Å². The summed E-state index contributed by atoms with van der Waals surface area (Å²) in [4.78, 5) is 16.8. The zero-order chi connectivity index (χ0) is 21.0. The first-order valence-electron chi connectivity index (χ1n) is 10.6. The summed E-state index contributed by atoms with van der Waals surface area (Å²) >= 11 is 0. The van der Waals surface area contributed by atoms with E-state index in [0.717, 1.165) is 48.9 Å². The standard InChI is InChI=1S/C21H28N8O/c1-21(2,3)16-10-15(22-23-16)20(30)27(4)14-11-28(12-14)18-9-8-17-24-25-19(29(17)26-18)13-6-5-7-13/h8-10,13-14H,5-7,11-12H2,1-4H3,(H,22,23). The number of nitrogens with one attached hydrogen (secondary N) is 1. The Kier molecular flexibility index (Phi) is 4.30. The van der Waals surface area contributed by atoms with E-state index < -0.39 is 0 Å². The Morgan fingerprint density at radius 1 is 1.20 bits per heavy atom. The van der Waals surface area contributed by atoms with Crippen molar-refractivity contribution in [2.24, 2.45) is 0 Å². The van der Waals surface area contributed by atoms with Crippen LogP contribution in [0.1, 0.15) is 68.0 Å². The highest BCUT2D eigenvalue weighted by molar-refractivity contribution is 5.92. The molecule has 4 heterocycles. The molecule has 5 rings (SSSR count). The highest BCUT2D eigenvalue weighted by Crippen LogP contribution is 2.35. The summed E-state index contributed by atoms with van der Waals surface area (Å²) < 4.78 is 1.89. The predicted molar refractivity (Wildman–Crippen MR) is 113 cm³/mol. The first-order valence-corrected chi connectivity index (χ1v) is 10.6. The predicted octanol–water partition coefficient (Wildman–Crippen LogP) is 2.37. The number of carbonyl (C=O) groups excluding carboxylic acids is 1. The Labute approximate surface area is 175 Å². The molecule has 0 spiro atoms. The summed E-state index contributed by atoms with van der Waals surface area (Å²) in [7, 11) is 1.85. The lowest BCUT2D eigenvalue weighted by molar-refractivity contribution is 0.0699. The monoisotopic (exact) mass is 408 g/mol. The van der Waals surface area contributed by atoms with Crippen LogP contribution in [0.25, 0.3) is 5.65 Å². The molecule has 1 saturated heterocycles. The van der Waals surface area contributed by atoms with E-state index in [9.17, 15) is 4.79 Å². The third kappa shape index (κ3) is 3.12. The number of rotatable bonds is 4. The summed E-state index contributed by atoms with van der Waals surface area (Å²) in [6.07, 6.45) is 3.58. The summed E-state index contributed by atoms with van der Waals surface area (Å²) in [5, 5.41) is 20.6. The van der Waals surface area contributed by atoms with Crippen molar-refractivity contribution in [2.75, 3.05) is 25.0 Å². The lowest BCUT2D eigenvalue weighted by Crippen LogP contribution is -2.60. The average molecular weight is 409 g/mol. The molecule has 158 valence electrons. The van der Waals surface area contributed by atoms with Crippen molar-refractivity contribution < 1.29 is 4.79 Å². The van der Waals surface area contributed by atoms with E-state index in [1.54, 1.807) is 4.90 Å². The maximum Gasteiger partial charge on any atom is 0.274 e. The van der Waals surface area contributed by atoms with Gasteiger partial charge in [-0.1, -0.05) is 27.2 Å². The number of likely N-dealkylation sites (N-methyl/N-ethyl adjacent to an activating group) is 1. The fourth-order valence-electron chi connectivity index (χ4n) is 3.93. The quantitative estimate of drug-likeness (QED) is 0.712. The number of nitrogens with zero attached hydrogens (tertiary/aromatic N) is 7. The minimum atomic E-state index is -0.0673. The van der Waals surface area contributed by atoms with E-state index in [2.05, 4.69) is 46.1 Å². The Hall–Kier alpha value is -2.97. The minimum absolute atomic E-state index is 0.0547. The Morgan fingerprint density at radius 2 is 1.97 bits per heavy atom. The second kappa shape index (κ2) is 6.78. The van der Waals surface area contributed by atoms with Crippen molar-refractivity contribution in [1.82, 2.24) is 34.9 Å². The molecule has 3 aromatic heterocycles. The number of hydrogen-bond donors (Lipinski definition) is 1. The van der Waals surface area contributed by atoms with Gasteiger partial charge in [-0.2, -0.15) is 9.61 Å². The number of carbonyl (C=O) groups is 1. The van der Waals surface area contributed by atoms with E-state index in [-0.39, 0.29) is 17.4 Å². The van der Waals surface area contributed by atoms with Crippen molar-refractivity contribution >= 4 is 17.4 Å². The zero-order valence-corrected chi connectivity index (χ0v) is 18.0. The van der Waals surface area contributed by atoms with Gasteiger partial charge in [0, 0.05) is 37.2 Å². The van der Waals surface area contributed by atoms with Crippen LogP contribution in [0, 0.1) is 0 Å². The summed E-state index contributed by atoms with van der Waals surface area (Å²) in [5.41, 5.74) is 2.15. The molecular formula is C21H28N8O. The van der Waals surface area contributed by atoms with Gasteiger partial charge in [-0.25, -0.2) is 0 Å². The van der Waals surface area contributed by atoms with Gasteiger partial charge in [0.15, 0.2) is 11.5 Å². The van der Waals surface area contributed by atoms with Gasteiger partial charge in [-0.05, 0) is 31.0 Å². The lowest BCUT2D eigenvalue weighted by atomic mass is 9.85. The van der Waals surface area contributed by atoms with Crippen molar-refractivity contribution in [2.45, 2.75) is 57.4 Å². The second-order valence-corrected chi connectivity index (χ2v) is 9.54. The van der Waals surface area contributed by atoms with Crippen molar-refractivity contribution in [3.63, 3.8) is 0 Å². The van der Waals surface area contributed by atoms with Crippen LogP contribution in [0.3, 0.4) is 0 Å². The average Bonchev–Trinajstić information content (AvgIpc) is 3.26. The van der Waals surface area contributed by atoms with Gasteiger partial charge >= 0.3 is 0 Å². The summed E-state index contributed by atoms with van der Waals surface area (Å²) in [6.45, 7) is 7.78. The largest absolute Gasteiger partial charge is 0.351 e. The van der Waals surface area contributed by atoms with Crippen LogP contribution in [0.15, 0.2) is 18.2 Å². The van der Waals surface area contributed by atoms with Crippen LogP contribution < -0.4 is 4.90 Å². The molecule has 0 aromatic carbocycles. The maximum atomic E-state index is 12.9. The van der Waals surface area contributed by atoms with E-state index in [1.807, 2.05) is 29.8 Å². The number of aromatic amines is 1. The summed E-state index contributed by atoms with van der Waals surface area (Å²) in [5.74, 6) is 2.29. The van der Waals surface area contributed by atoms with Crippen molar-refractivity contribution in [1.29, 1.82) is 0 Å². The molecule has 0 atom stereocenters. The zero-order valence-electron chi connectivity index (χ0n) is 18.0. The molecule has 1 saturated carbocycles. The molecule has 0 unspecified atom stereocenters. The molecule has 0 radical (unpaired) electrons. The molecule has 30 heavy (non-hydrogen) atoms. The number of hydrogen-bond acceptors (Lipinski definition) is 6. The lowest BCUT2D eigenvalue weighted by Gasteiger charge is -2.44. The SMILES string of the molecule is CN(C(=O)c1cc(C(C)(C)C)[nH]n1)C1CN(c2ccc3nnc(C4CCC4)n3n2)C1. The normalized spacial score (nSPS) is 17.8. The van der Waals surface area contributed by atoms with E-state index in [0.29, 0.717) is 11.6 Å². The molecular weight excluding hydrogens is 380 g/mol. The fourth-order valence-corrected chi connectivity index (χ4v) is 3.93. The summed E-state index contributed by atoms with van der Waals surface area (Å²) in [6, 6.07) is 5.95. The van der Waals surface area contributed by atoms with E-state index in [4.69, 9.17) is 5.10 Å². The van der Waals surface area contributed by atoms with Gasteiger partial charge in [0.05, 0.1) is 6.04 Å². The molecule has 1 aliphatic heterocycles. The van der Waals surface area contributed by atoms with Gasteiger partial charge in [-0.3, -0.25) is 9.89 Å². The van der Waals surface area contributed by atoms with Gasteiger partial charge in [0.25, 0.3) is 5.91 Å². The van der Waals surface area contributed by atoms with Gasteiger partial charge in [0.1, 0.15) is 11.5 Å². The van der Waals surface area contributed by atoms with Crippen LogP contribution in [-0.2, 0) is 5.41 Å². The number of anilines is 1. The smallest absolute Gasteiger partial charge is 0.274 e. The van der Waals surface area contributed by atoms with Crippen LogP contribution in [0.5, 0.6) is 0 Å². The number of aromatic nitrogens is 6. The van der Waals surface area contributed by atoms with Gasteiger partial charge < -0.3 is 9.80 Å². The molecule has 2 fully saturated rings. The molecule has 9 heteroatoms. The van der Waals surface area contributed by atoms with E-state index in [1.165, 1.54) is 6.42 Å². The first kappa shape index (κ1) is 19.0.